The van der Waals surface area contributed by atoms with Gasteiger partial charge in [-0.2, -0.15) is 0 Å². The lowest BCUT2D eigenvalue weighted by molar-refractivity contribution is 0.501. The number of halogens is 1. The van der Waals surface area contributed by atoms with E-state index in [1.807, 2.05) is 12.1 Å². The molecule has 2 aromatic rings. The first-order valence-corrected chi connectivity index (χ1v) is 9.02. The van der Waals surface area contributed by atoms with Gasteiger partial charge in [0.2, 0.25) is 10.0 Å². The van der Waals surface area contributed by atoms with Crippen molar-refractivity contribution in [3.05, 3.63) is 58.9 Å². The van der Waals surface area contributed by atoms with Crippen molar-refractivity contribution < 1.29 is 12.8 Å². The van der Waals surface area contributed by atoms with Crippen molar-refractivity contribution in [3.63, 3.8) is 0 Å². The number of aryl methyl sites for hydroxylation is 2. The summed E-state index contributed by atoms with van der Waals surface area (Å²) >= 11 is 0. The van der Waals surface area contributed by atoms with Gasteiger partial charge in [-0.05, 0) is 67.1 Å². The summed E-state index contributed by atoms with van der Waals surface area (Å²) in [5, 5.41) is 0. The summed E-state index contributed by atoms with van der Waals surface area (Å²) in [6.45, 7) is 1.72. The summed E-state index contributed by atoms with van der Waals surface area (Å²) in [6, 6.07) is 9.25. The fraction of sp³-hybridized carbons (Fsp3) is 0.294. The summed E-state index contributed by atoms with van der Waals surface area (Å²) in [5.74, 6) is -0.731. The molecule has 0 spiro atoms. The van der Waals surface area contributed by atoms with E-state index in [1.165, 1.54) is 12.1 Å². The fourth-order valence-electron chi connectivity index (χ4n) is 3.03. The molecule has 23 heavy (non-hydrogen) atoms. The van der Waals surface area contributed by atoms with Crippen LogP contribution in [0.3, 0.4) is 0 Å². The van der Waals surface area contributed by atoms with Crippen molar-refractivity contribution >= 4 is 15.7 Å². The second-order valence-corrected chi connectivity index (χ2v) is 7.64. The Balaban J connectivity index is 1.93. The first kappa shape index (κ1) is 16.0. The highest BCUT2D eigenvalue weighted by molar-refractivity contribution is 7.89. The van der Waals surface area contributed by atoms with Crippen molar-refractivity contribution in [1.29, 1.82) is 0 Å². The average Bonchev–Trinajstić information content (AvgIpc) is 2.46. The molecular formula is C17H19FN2O2S. The Morgan fingerprint density at radius 3 is 2.74 bits per heavy atom. The Bertz CT molecular complexity index is 850. The van der Waals surface area contributed by atoms with Crippen molar-refractivity contribution in [2.75, 3.05) is 5.73 Å². The molecule has 122 valence electrons. The zero-order valence-corrected chi connectivity index (χ0v) is 13.7. The lowest BCUT2D eigenvalue weighted by Gasteiger charge is -2.26. The molecule has 0 heterocycles. The lowest BCUT2D eigenvalue weighted by atomic mass is 9.88. The minimum atomic E-state index is -3.92. The summed E-state index contributed by atoms with van der Waals surface area (Å²) in [6.07, 6.45) is 2.42. The quantitative estimate of drug-likeness (QED) is 0.847. The maximum absolute atomic E-state index is 14.0. The van der Waals surface area contributed by atoms with Crippen LogP contribution in [-0.4, -0.2) is 8.42 Å². The Hall–Kier alpha value is -1.92. The Morgan fingerprint density at radius 2 is 2.00 bits per heavy atom. The first-order chi connectivity index (χ1) is 10.9. The lowest BCUT2D eigenvalue weighted by Crippen LogP contribution is -2.31. The number of anilines is 1. The van der Waals surface area contributed by atoms with Gasteiger partial charge in [-0.3, -0.25) is 0 Å². The van der Waals surface area contributed by atoms with Crippen molar-refractivity contribution in [2.24, 2.45) is 0 Å². The van der Waals surface area contributed by atoms with Crippen molar-refractivity contribution in [3.8, 4) is 0 Å². The number of hydrogen-bond donors (Lipinski definition) is 2. The van der Waals surface area contributed by atoms with Crippen LogP contribution < -0.4 is 10.5 Å². The molecule has 2 aromatic carbocycles. The molecule has 0 bridgehead atoms. The topological polar surface area (TPSA) is 72.2 Å². The van der Waals surface area contributed by atoms with Crippen LogP contribution in [0.1, 0.15) is 35.6 Å². The normalized spacial score (nSPS) is 17.7. The van der Waals surface area contributed by atoms with E-state index in [0.717, 1.165) is 24.0 Å². The van der Waals surface area contributed by atoms with Gasteiger partial charge in [0.25, 0.3) is 0 Å². The molecule has 0 aromatic heterocycles. The second kappa shape index (κ2) is 5.94. The number of nitrogens with one attached hydrogen (secondary N) is 1. The van der Waals surface area contributed by atoms with Crippen LogP contribution >= 0.6 is 0 Å². The molecule has 3 rings (SSSR count). The number of hydrogen-bond acceptors (Lipinski definition) is 3. The highest BCUT2D eigenvalue weighted by atomic mass is 32.2. The van der Waals surface area contributed by atoms with Crippen molar-refractivity contribution in [2.45, 2.75) is 37.1 Å². The third-order valence-electron chi connectivity index (χ3n) is 4.16. The summed E-state index contributed by atoms with van der Waals surface area (Å²) in [4.78, 5) is -0.314. The second-order valence-electron chi connectivity index (χ2n) is 5.96. The number of sulfonamides is 1. The molecule has 0 saturated carbocycles. The number of nitrogens with two attached hydrogens (primary N) is 1. The van der Waals surface area contributed by atoms with Crippen LogP contribution in [0.2, 0.25) is 0 Å². The molecule has 1 aliphatic carbocycles. The Kier molecular flexibility index (Phi) is 4.12. The van der Waals surface area contributed by atoms with E-state index in [9.17, 15) is 12.8 Å². The molecule has 4 nitrogen and oxygen atoms in total. The van der Waals surface area contributed by atoms with Gasteiger partial charge in [0.15, 0.2) is 0 Å². The van der Waals surface area contributed by atoms with E-state index in [0.29, 0.717) is 17.7 Å². The minimum Gasteiger partial charge on any atom is -0.399 e. The van der Waals surface area contributed by atoms with E-state index in [1.54, 1.807) is 19.1 Å². The van der Waals surface area contributed by atoms with Crippen LogP contribution in [0.15, 0.2) is 41.3 Å². The summed E-state index contributed by atoms with van der Waals surface area (Å²) in [5.41, 5.74) is 9.10. The van der Waals surface area contributed by atoms with Crippen LogP contribution in [0.5, 0.6) is 0 Å². The van der Waals surface area contributed by atoms with Crippen LogP contribution in [0.4, 0.5) is 10.1 Å². The Morgan fingerprint density at radius 1 is 1.22 bits per heavy atom. The number of benzene rings is 2. The van der Waals surface area contributed by atoms with E-state index < -0.39 is 15.8 Å². The highest BCUT2D eigenvalue weighted by Crippen LogP contribution is 2.32. The zero-order valence-electron chi connectivity index (χ0n) is 12.8. The number of nitrogen functional groups attached to an aromatic ring is 1. The predicted octanol–water partition coefficient (Wildman–Crippen LogP) is 3.07. The van der Waals surface area contributed by atoms with E-state index in [2.05, 4.69) is 4.72 Å². The molecule has 1 aliphatic rings. The molecule has 1 atom stereocenters. The SMILES string of the molecule is Cc1ccc(S(=O)(=O)NC2CCCc3cc(N)ccc32)c(F)c1. The number of fused-ring (bicyclic) bond motifs is 1. The molecular weight excluding hydrogens is 315 g/mol. The van der Waals surface area contributed by atoms with Crippen molar-refractivity contribution in [1.82, 2.24) is 4.72 Å². The smallest absolute Gasteiger partial charge is 0.244 e. The summed E-state index contributed by atoms with van der Waals surface area (Å²) < 4.78 is 41.7. The van der Waals surface area contributed by atoms with Crippen LogP contribution in [0, 0.1) is 12.7 Å². The minimum absolute atomic E-state index is 0.314. The molecule has 1 unspecified atom stereocenters. The van der Waals surface area contributed by atoms with Gasteiger partial charge in [-0.1, -0.05) is 12.1 Å². The largest absolute Gasteiger partial charge is 0.399 e. The molecule has 3 N–H and O–H groups in total. The third kappa shape index (κ3) is 3.23. The van der Waals surface area contributed by atoms with Gasteiger partial charge in [0, 0.05) is 11.7 Å². The average molecular weight is 334 g/mol. The van der Waals surface area contributed by atoms with Gasteiger partial charge in [0.1, 0.15) is 10.7 Å². The van der Waals surface area contributed by atoms with E-state index >= 15 is 0 Å². The van der Waals surface area contributed by atoms with E-state index in [4.69, 9.17) is 5.73 Å². The predicted molar refractivity (Wildman–Crippen MR) is 88.0 cm³/mol. The molecule has 0 saturated heterocycles. The monoisotopic (exact) mass is 334 g/mol. The number of rotatable bonds is 3. The van der Waals surface area contributed by atoms with Gasteiger partial charge in [-0.25, -0.2) is 17.5 Å². The molecule has 0 aliphatic heterocycles. The van der Waals surface area contributed by atoms with Crippen LogP contribution in [0.25, 0.3) is 0 Å². The third-order valence-corrected chi connectivity index (χ3v) is 5.66. The highest BCUT2D eigenvalue weighted by Gasteiger charge is 2.27. The molecule has 6 heteroatoms. The standard InChI is InChI=1S/C17H19FN2O2S/c1-11-5-8-17(15(18)9-11)23(21,22)20-16-4-2-3-12-10-13(19)6-7-14(12)16/h5-10,16,20H,2-4,19H2,1H3. The van der Waals surface area contributed by atoms with Gasteiger partial charge >= 0.3 is 0 Å². The zero-order chi connectivity index (χ0) is 16.6. The van der Waals surface area contributed by atoms with Gasteiger partial charge in [-0.15, -0.1) is 0 Å². The maximum Gasteiger partial charge on any atom is 0.244 e. The summed E-state index contributed by atoms with van der Waals surface area (Å²) in [7, 11) is -3.92. The van der Waals surface area contributed by atoms with Gasteiger partial charge < -0.3 is 5.73 Å². The molecule has 0 radical (unpaired) electrons. The molecule has 0 amide bonds. The Labute approximate surface area is 135 Å². The van der Waals surface area contributed by atoms with Gasteiger partial charge in [0.05, 0.1) is 0 Å². The van der Waals surface area contributed by atoms with Crippen LogP contribution in [-0.2, 0) is 16.4 Å². The first-order valence-electron chi connectivity index (χ1n) is 7.53. The molecule has 0 fully saturated rings. The maximum atomic E-state index is 14.0. The van der Waals surface area contributed by atoms with E-state index in [-0.39, 0.29) is 10.9 Å². The fourth-order valence-corrected chi connectivity index (χ4v) is 4.34.